The first kappa shape index (κ1) is 15.5. The molecule has 0 saturated heterocycles. The van der Waals surface area contributed by atoms with Crippen molar-refractivity contribution in [3.05, 3.63) is 11.4 Å². The van der Waals surface area contributed by atoms with E-state index in [1.165, 1.54) is 0 Å². The highest BCUT2D eigenvalue weighted by molar-refractivity contribution is 5.80. The highest BCUT2D eigenvalue weighted by atomic mass is 16.2. The average Bonchev–Trinajstić information content (AvgIpc) is 2.75. The fraction of sp³-hybridized carbons (Fsp3) is 0.714. The van der Waals surface area contributed by atoms with E-state index in [9.17, 15) is 4.79 Å². The van der Waals surface area contributed by atoms with Gasteiger partial charge in [-0.15, -0.1) is 0 Å². The largest absolute Gasteiger partial charge is 0.396 e. The third-order valence-corrected chi connectivity index (χ3v) is 3.60. The van der Waals surface area contributed by atoms with Crippen molar-refractivity contribution in [2.24, 2.45) is 0 Å². The first-order valence-corrected chi connectivity index (χ1v) is 7.16. The highest BCUT2D eigenvalue weighted by Gasteiger charge is 2.24. The van der Waals surface area contributed by atoms with Crippen molar-refractivity contribution in [1.82, 2.24) is 14.7 Å². The van der Waals surface area contributed by atoms with Gasteiger partial charge in [0.1, 0.15) is 6.04 Å². The Morgan fingerprint density at radius 2 is 1.84 bits per heavy atom. The van der Waals surface area contributed by atoms with E-state index in [1.807, 2.05) is 39.5 Å². The Labute approximate surface area is 115 Å². The van der Waals surface area contributed by atoms with Gasteiger partial charge in [-0.1, -0.05) is 13.8 Å². The average molecular weight is 266 g/mol. The SMILES string of the molecule is CCc1nn(C(C)C(=O)N(CC)CC)c(CC)c1N. The summed E-state index contributed by atoms with van der Waals surface area (Å²) in [6.45, 7) is 11.4. The fourth-order valence-electron chi connectivity index (χ4n) is 2.37. The smallest absolute Gasteiger partial charge is 0.247 e. The van der Waals surface area contributed by atoms with Crippen LogP contribution in [0.5, 0.6) is 0 Å². The van der Waals surface area contributed by atoms with Gasteiger partial charge in [-0.05, 0) is 33.6 Å². The van der Waals surface area contributed by atoms with Crippen molar-refractivity contribution in [2.45, 2.75) is 53.5 Å². The molecule has 0 bridgehead atoms. The molecule has 1 amide bonds. The molecule has 0 aliphatic rings. The lowest BCUT2D eigenvalue weighted by Crippen LogP contribution is -2.36. The van der Waals surface area contributed by atoms with Gasteiger partial charge in [0.05, 0.1) is 17.1 Å². The number of carbonyl (C=O) groups is 1. The van der Waals surface area contributed by atoms with Crippen LogP contribution in [0.4, 0.5) is 5.69 Å². The van der Waals surface area contributed by atoms with E-state index in [-0.39, 0.29) is 11.9 Å². The number of nitrogens with zero attached hydrogens (tertiary/aromatic N) is 3. The summed E-state index contributed by atoms with van der Waals surface area (Å²) in [7, 11) is 0. The van der Waals surface area contributed by atoms with Gasteiger partial charge in [-0.3, -0.25) is 9.48 Å². The van der Waals surface area contributed by atoms with Crippen molar-refractivity contribution in [2.75, 3.05) is 18.8 Å². The van der Waals surface area contributed by atoms with Crippen LogP contribution in [-0.2, 0) is 17.6 Å². The van der Waals surface area contributed by atoms with Gasteiger partial charge in [0.2, 0.25) is 5.91 Å². The van der Waals surface area contributed by atoms with Gasteiger partial charge in [0.25, 0.3) is 0 Å². The number of hydrogen-bond acceptors (Lipinski definition) is 3. The molecule has 0 radical (unpaired) electrons. The summed E-state index contributed by atoms with van der Waals surface area (Å²) in [5.74, 6) is 0.102. The molecule has 1 aromatic rings. The van der Waals surface area contributed by atoms with Gasteiger partial charge in [-0.2, -0.15) is 5.10 Å². The lowest BCUT2D eigenvalue weighted by atomic mass is 10.2. The zero-order valence-corrected chi connectivity index (χ0v) is 12.7. The fourth-order valence-corrected chi connectivity index (χ4v) is 2.37. The van der Waals surface area contributed by atoms with E-state index in [4.69, 9.17) is 5.73 Å². The maximum absolute atomic E-state index is 12.4. The van der Waals surface area contributed by atoms with Crippen LogP contribution < -0.4 is 5.73 Å². The quantitative estimate of drug-likeness (QED) is 0.856. The first-order chi connectivity index (χ1) is 9.01. The molecule has 1 unspecified atom stereocenters. The molecule has 0 fully saturated rings. The molecule has 5 heteroatoms. The second-order valence-electron chi connectivity index (χ2n) is 4.65. The number of rotatable bonds is 6. The second kappa shape index (κ2) is 6.59. The summed E-state index contributed by atoms with van der Waals surface area (Å²) in [5.41, 5.74) is 8.68. The van der Waals surface area contributed by atoms with Gasteiger partial charge in [0, 0.05) is 13.1 Å². The van der Waals surface area contributed by atoms with Crippen molar-refractivity contribution in [3.8, 4) is 0 Å². The minimum absolute atomic E-state index is 0.102. The molecule has 0 aliphatic heterocycles. The third kappa shape index (κ3) is 2.91. The second-order valence-corrected chi connectivity index (χ2v) is 4.65. The molecule has 0 saturated carbocycles. The molecular formula is C14H26N4O. The maximum atomic E-state index is 12.4. The van der Waals surface area contributed by atoms with E-state index in [1.54, 1.807) is 4.68 Å². The van der Waals surface area contributed by atoms with Crippen molar-refractivity contribution in [3.63, 3.8) is 0 Å². The number of aromatic nitrogens is 2. The number of likely N-dealkylation sites (N-methyl/N-ethyl adjacent to an activating group) is 1. The standard InChI is InChI=1S/C14H26N4O/c1-6-11-13(15)12(7-2)18(16-11)10(5)14(19)17(8-3)9-4/h10H,6-9,15H2,1-5H3. The van der Waals surface area contributed by atoms with Gasteiger partial charge in [0.15, 0.2) is 0 Å². The van der Waals surface area contributed by atoms with E-state index < -0.39 is 0 Å². The van der Waals surface area contributed by atoms with E-state index in [0.29, 0.717) is 0 Å². The molecular weight excluding hydrogens is 240 g/mol. The molecule has 0 spiro atoms. The molecule has 1 atom stereocenters. The molecule has 0 aromatic carbocycles. The molecule has 5 nitrogen and oxygen atoms in total. The number of nitrogens with two attached hydrogens (primary N) is 1. The van der Waals surface area contributed by atoms with E-state index >= 15 is 0 Å². The summed E-state index contributed by atoms with van der Waals surface area (Å²) >= 11 is 0. The number of nitrogen functional groups attached to an aromatic ring is 1. The number of aryl methyl sites for hydroxylation is 1. The monoisotopic (exact) mass is 266 g/mol. The van der Waals surface area contributed by atoms with Crippen LogP contribution in [0.25, 0.3) is 0 Å². The normalized spacial score (nSPS) is 12.5. The predicted molar refractivity (Wildman–Crippen MR) is 78.0 cm³/mol. The van der Waals surface area contributed by atoms with Gasteiger partial charge in [-0.25, -0.2) is 0 Å². The van der Waals surface area contributed by atoms with Crippen LogP contribution in [-0.4, -0.2) is 33.7 Å². The van der Waals surface area contributed by atoms with Crippen LogP contribution in [0, 0.1) is 0 Å². The summed E-state index contributed by atoms with van der Waals surface area (Å²) < 4.78 is 1.80. The summed E-state index contributed by atoms with van der Waals surface area (Å²) in [5, 5.41) is 4.52. The molecule has 1 rings (SSSR count). The molecule has 19 heavy (non-hydrogen) atoms. The first-order valence-electron chi connectivity index (χ1n) is 7.16. The maximum Gasteiger partial charge on any atom is 0.247 e. The van der Waals surface area contributed by atoms with Crippen molar-refractivity contribution >= 4 is 11.6 Å². The van der Waals surface area contributed by atoms with Crippen molar-refractivity contribution < 1.29 is 4.79 Å². The van der Waals surface area contributed by atoms with E-state index in [2.05, 4.69) is 5.10 Å². The summed E-state index contributed by atoms with van der Waals surface area (Å²) in [6, 6.07) is -0.294. The third-order valence-electron chi connectivity index (χ3n) is 3.60. The van der Waals surface area contributed by atoms with Crippen molar-refractivity contribution in [1.29, 1.82) is 0 Å². The minimum atomic E-state index is -0.294. The van der Waals surface area contributed by atoms with Gasteiger partial charge < -0.3 is 10.6 Å². The highest BCUT2D eigenvalue weighted by Crippen LogP contribution is 2.23. The van der Waals surface area contributed by atoms with E-state index in [0.717, 1.165) is 43.0 Å². The molecule has 1 heterocycles. The number of amides is 1. The van der Waals surface area contributed by atoms with Crippen LogP contribution in [0.15, 0.2) is 0 Å². The predicted octanol–water partition coefficient (Wildman–Crippen LogP) is 2.02. The zero-order chi connectivity index (χ0) is 14.6. The number of hydrogen-bond donors (Lipinski definition) is 1. The van der Waals surface area contributed by atoms with Gasteiger partial charge >= 0.3 is 0 Å². The lowest BCUT2D eigenvalue weighted by Gasteiger charge is -2.24. The Balaban J connectivity index is 3.11. The minimum Gasteiger partial charge on any atom is -0.396 e. The Morgan fingerprint density at radius 1 is 1.26 bits per heavy atom. The number of anilines is 1. The molecule has 2 N–H and O–H groups in total. The molecule has 108 valence electrons. The molecule has 0 aliphatic carbocycles. The Kier molecular flexibility index (Phi) is 5.39. The summed E-state index contributed by atoms with van der Waals surface area (Å²) in [6.07, 6.45) is 1.58. The van der Waals surface area contributed by atoms with Crippen LogP contribution in [0.2, 0.25) is 0 Å². The van der Waals surface area contributed by atoms with Crippen LogP contribution >= 0.6 is 0 Å². The Hall–Kier alpha value is -1.52. The lowest BCUT2D eigenvalue weighted by molar-refractivity contribution is -0.134. The van der Waals surface area contributed by atoms with Crippen LogP contribution in [0.3, 0.4) is 0 Å². The number of carbonyl (C=O) groups excluding carboxylic acids is 1. The van der Waals surface area contributed by atoms with Crippen LogP contribution in [0.1, 0.15) is 52.0 Å². The Bertz CT molecular complexity index is 435. The zero-order valence-electron chi connectivity index (χ0n) is 12.7. The molecule has 1 aromatic heterocycles. The topological polar surface area (TPSA) is 64.2 Å². The summed E-state index contributed by atoms with van der Waals surface area (Å²) in [4.78, 5) is 14.2. The Morgan fingerprint density at radius 3 is 2.26 bits per heavy atom.